The Morgan fingerprint density at radius 3 is 2.48 bits per heavy atom. The Morgan fingerprint density at radius 1 is 1.11 bits per heavy atom. The van der Waals surface area contributed by atoms with Crippen LogP contribution < -0.4 is 10.5 Å². The lowest BCUT2D eigenvalue weighted by molar-refractivity contribution is 0.0714. The van der Waals surface area contributed by atoms with Crippen molar-refractivity contribution in [2.45, 2.75) is 37.6 Å². The van der Waals surface area contributed by atoms with Gasteiger partial charge in [-0.25, -0.2) is 8.42 Å². The van der Waals surface area contributed by atoms with Crippen LogP contribution in [0.15, 0.2) is 47.4 Å². The van der Waals surface area contributed by atoms with Crippen LogP contribution in [0, 0.1) is 13.8 Å². The molecule has 0 saturated carbocycles. The molecule has 2 aromatic carbocycles. The highest BCUT2D eigenvalue weighted by molar-refractivity contribution is 7.92. The molecule has 6 nitrogen and oxygen atoms in total. The third-order valence-corrected chi connectivity index (χ3v) is 6.35. The first-order valence-electron chi connectivity index (χ1n) is 9.01. The van der Waals surface area contributed by atoms with Crippen LogP contribution in [0.1, 0.15) is 34.3 Å². The van der Waals surface area contributed by atoms with Crippen LogP contribution in [0.5, 0.6) is 0 Å². The number of rotatable bonds is 4. The van der Waals surface area contributed by atoms with Gasteiger partial charge in [-0.2, -0.15) is 0 Å². The molecular formula is C20H25N3O3S. The summed E-state index contributed by atoms with van der Waals surface area (Å²) >= 11 is 0. The number of benzene rings is 2. The molecular weight excluding hydrogens is 362 g/mol. The number of hydrogen-bond acceptors (Lipinski definition) is 4. The van der Waals surface area contributed by atoms with Crippen LogP contribution in [0.25, 0.3) is 0 Å². The van der Waals surface area contributed by atoms with Gasteiger partial charge in [0.05, 0.1) is 4.90 Å². The summed E-state index contributed by atoms with van der Waals surface area (Å²) in [5.74, 6) is -0.158. The minimum Gasteiger partial charge on any atom is -0.339 e. The first-order valence-corrected chi connectivity index (χ1v) is 10.5. The number of nitrogens with zero attached hydrogens (tertiary/aromatic N) is 1. The molecule has 0 radical (unpaired) electrons. The summed E-state index contributed by atoms with van der Waals surface area (Å²) < 4.78 is 28.3. The quantitative estimate of drug-likeness (QED) is 0.844. The Hall–Kier alpha value is -2.38. The van der Waals surface area contributed by atoms with Gasteiger partial charge in [0.2, 0.25) is 0 Å². The summed E-state index contributed by atoms with van der Waals surface area (Å²) in [7, 11) is -3.80. The zero-order valence-electron chi connectivity index (χ0n) is 15.6. The smallest absolute Gasteiger partial charge is 0.262 e. The maximum Gasteiger partial charge on any atom is 0.262 e. The van der Waals surface area contributed by atoms with E-state index in [4.69, 9.17) is 5.73 Å². The highest BCUT2D eigenvalue weighted by atomic mass is 32.2. The molecule has 3 N–H and O–H groups in total. The van der Waals surface area contributed by atoms with E-state index in [0.29, 0.717) is 29.9 Å². The first kappa shape index (κ1) is 19.4. The second-order valence-corrected chi connectivity index (χ2v) is 8.74. The van der Waals surface area contributed by atoms with Crippen LogP contribution in [0.3, 0.4) is 0 Å². The lowest BCUT2D eigenvalue weighted by Crippen LogP contribution is -2.42. The molecule has 0 aromatic heterocycles. The van der Waals surface area contributed by atoms with E-state index in [0.717, 1.165) is 18.4 Å². The average Bonchev–Trinajstić information content (AvgIpc) is 2.61. The van der Waals surface area contributed by atoms with Crippen molar-refractivity contribution in [3.8, 4) is 0 Å². The van der Waals surface area contributed by atoms with Gasteiger partial charge in [0.25, 0.3) is 15.9 Å². The maximum absolute atomic E-state index is 12.9. The zero-order valence-corrected chi connectivity index (χ0v) is 16.4. The number of carbonyl (C=O) groups is 1. The fourth-order valence-corrected chi connectivity index (χ4v) is 4.55. The van der Waals surface area contributed by atoms with Crippen LogP contribution in [0.4, 0.5) is 5.69 Å². The molecule has 3 rings (SSSR count). The Kier molecular flexibility index (Phi) is 5.53. The number of nitrogens with one attached hydrogen (secondary N) is 1. The van der Waals surface area contributed by atoms with Crippen LogP contribution in [0.2, 0.25) is 0 Å². The number of likely N-dealkylation sites (tertiary alicyclic amines) is 1. The lowest BCUT2D eigenvalue weighted by atomic mass is 10.0. The average molecular weight is 388 g/mol. The standard InChI is InChI=1S/C20H25N3O3S/c1-14-4-3-5-18(12-14)22-27(25,26)19-13-16(7-6-15(19)2)20(24)23-10-8-17(21)9-11-23/h3-7,12-13,17,22H,8-11,21H2,1-2H3. The molecule has 1 saturated heterocycles. The number of aryl methyl sites for hydroxylation is 2. The molecule has 0 spiro atoms. The van der Waals surface area contributed by atoms with Gasteiger partial charge in [-0.3, -0.25) is 9.52 Å². The van der Waals surface area contributed by atoms with Crippen molar-refractivity contribution in [2.75, 3.05) is 17.8 Å². The van der Waals surface area contributed by atoms with Crippen LogP contribution in [-0.2, 0) is 10.0 Å². The lowest BCUT2D eigenvalue weighted by Gasteiger charge is -2.30. The number of sulfonamides is 1. The first-order chi connectivity index (χ1) is 12.8. The van der Waals surface area contributed by atoms with Crippen molar-refractivity contribution in [3.63, 3.8) is 0 Å². The van der Waals surface area contributed by atoms with Crippen molar-refractivity contribution >= 4 is 21.6 Å². The fraction of sp³-hybridized carbons (Fsp3) is 0.350. The summed E-state index contributed by atoms with van der Waals surface area (Å²) in [6, 6.07) is 12.1. The fourth-order valence-electron chi connectivity index (χ4n) is 3.23. The van der Waals surface area contributed by atoms with E-state index >= 15 is 0 Å². The molecule has 0 bridgehead atoms. The molecule has 7 heteroatoms. The largest absolute Gasteiger partial charge is 0.339 e. The van der Waals surface area contributed by atoms with E-state index in [2.05, 4.69) is 4.72 Å². The Labute approximate surface area is 160 Å². The summed E-state index contributed by atoms with van der Waals surface area (Å²) in [6.07, 6.45) is 1.52. The Balaban J connectivity index is 1.87. The van der Waals surface area contributed by atoms with Gasteiger partial charge < -0.3 is 10.6 Å². The van der Waals surface area contributed by atoms with Gasteiger partial charge in [0.15, 0.2) is 0 Å². The molecule has 1 amide bonds. The number of carbonyl (C=O) groups excluding carboxylic acids is 1. The minimum atomic E-state index is -3.80. The SMILES string of the molecule is Cc1cccc(NS(=O)(=O)c2cc(C(=O)N3CCC(N)CC3)ccc2C)c1. The summed E-state index contributed by atoms with van der Waals surface area (Å²) in [6.45, 7) is 4.81. The topological polar surface area (TPSA) is 92.5 Å². The van der Waals surface area contributed by atoms with Crippen LogP contribution >= 0.6 is 0 Å². The summed E-state index contributed by atoms with van der Waals surface area (Å²) in [5.41, 5.74) is 8.31. The highest BCUT2D eigenvalue weighted by Crippen LogP contribution is 2.23. The molecule has 1 aliphatic rings. The zero-order chi connectivity index (χ0) is 19.6. The van der Waals surface area contributed by atoms with Gasteiger partial charge in [-0.15, -0.1) is 0 Å². The minimum absolute atomic E-state index is 0.114. The van der Waals surface area contributed by atoms with E-state index in [1.807, 2.05) is 13.0 Å². The van der Waals surface area contributed by atoms with E-state index in [9.17, 15) is 13.2 Å². The van der Waals surface area contributed by atoms with E-state index < -0.39 is 10.0 Å². The summed E-state index contributed by atoms with van der Waals surface area (Å²) in [5, 5.41) is 0. The molecule has 27 heavy (non-hydrogen) atoms. The van der Waals surface area contributed by atoms with Crippen molar-refractivity contribution in [1.29, 1.82) is 0 Å². The van der Waals surface area contributed by atoms with Crippen molar-refractivity contribution < 1.29 is 13.2 Å². The summed E-state index contributed by atoms with van der Waals surface area (Å²) in [4.78, 5) is 14.6. The second kappa shape index (κ2) is 7.70. The van der Waals surface area contributed by atoms with Gasteiger partial charge in [0.1, 0.15) is 0 Å². The molecule has 1 aliphatic heterocycles. The molecule has 2 aromatic rings. The third-order valence-electron chi connectivity index (χ3n) is 4.82. The monoisotopic (exact) mass is 387 g/mol. The van der Waals surface area contributed by atoms with Gasteiger partial charge in [-0.1, -0.05) is 18.2 Å². The van der Waals surface area contributed by atoms with Crippen molar-refractivity contribution in [1.82, 2.24) is 4.90 Å². The van der Waals surface area contributed by atoms with Gasteiger partial charge in [-0.05, 0) is 62.1 Å². The number of amides is 1. The maximum atomic E-state index is 12.9. The van der Waals surface area contributed by atoms with Crippen molar-refractivity contribution in [2.24, 2.45) is 5.73 Å². The number of piperidine rings is 1. The van der Waals surface area contributed by atoms with E-state index in [1.165, 1.54) is 6.07 Å². The van der Waals surface area contributed by atoms with Gasteiger partial charge >= 0.3 is 0 Å². The normalized spacial score (nSPS) is 15.6. The van der Waals surface area contributed by atoms with E-state index in [-0.39, 0.29) is 16.8 Å². The molecule has 1 heterocycles. The third kappa shape index (κ3) is 4.48. The number of anilines is 1. The van der Waals surface area contributed by atoms with E-state index in [1.54, 1.807) is 42.2 Å². The Morgan fingerprint density at radius 2 is 1.81 bits per heavy atom. The predicted octanol–water partition coefficient (Wildman–Crippen LogP) is 2.67. The van der Waals surface area contributed by atoms with Gasteiger partial charge in [0, 0.05) is 30.4 Å². The molecule has 1 fully saturated rings. The highest BCUT2D eigenvalue weighted by Gasteiger charge is 2.24. The molecule has 144 valence electrons. The van der Waals surface area contributed by atoms with Crippen molar-refractivity contribution in [3.05, 3.63) is 59.2 Å². The number of nitrogens with two attached hydrogens (primary N) is 1. The molecule has 0 unspecified atom stereocenters. The van der Waals surface area contributed by atoms with Crippen LogP contribution in [-0.4, -0.2) is 38.4 Å². The molecule has 0 atom stereocenters. The molecule has 0 aliphatic carbocycles. The predicted molar refractivity (Wildman–Crippen MR) is 106 cm³/mol. The number of hydrogen-bond donors (Lipinski definition) is 2. The Bertz CT molecular complexity index is 949. The second-order valence-electron chi connectivity index (χ2n) is 7.08.